The Kier molecular flexibility index (Phi) is 7.38. The standard InChI is InChI=1S/C21H30N6O2S/c1-14-7-5-8-15(2)19(14)24-18(28)13-22-20(29)16(3)26-9-6-10-27(12-11-26)21-23-17(4)25-30-21/h5,7-8,16H,6,9-13H2,1-4H3,(H,22,29)(H,24,28)/t16-/m1/s1. The van der Waals surface area contributed by atoms with Gasteiger partial charge in [0.05, 0.1) is 12.6 Å². The van der Waals surface area contributed by atoms with E-state index in [0.29, 0.717) is 0 Å². The molecule has 1 saturated heterocycles. The van der Waals surface area contributed by atoms with Gasteiger partial charge in [0.2, 0.25) is 16.9 Å². The van der Waals surface area contributed by atoms with Crippen LogP contribution in [0, 0.1) is 20.8 Å². The second-order valence-electron chi connectivity index (χ2n) is 7.71. The molecular formula is C21H30N6O2S. The molecule has 1 aliphatic heterocycles. The minimum atomic E-state index is -0.297. The van der Waals surface area contributed by atoms with Crippen molar-refractivity contribution >= 4 is 34.2 Å². The summed E-state index contributed by atoms with van der Waals surface area (Å²) in [4.78, 5) is 33.8. The molecule has 2 N–H and O–H groups in total. The number of para-hydroxylation sites is 1. The number of rotatable bonds is 6. The molecule has 1 aromatic heterocycles. The average molecular weight is 431 g/mol. The van der Waals surface area contributed by atoms with Crippen molar-refractivity contribution in [2.24, 2.45) is 0 Å². The van der Waals surface area contributed by atoms with Crippen LogP contribution in [0.4, 0.5) is 10.8 Å². The second kappa shape index (κ2) is 9.99. The van der Waals surface area contributed by atoms with E-state index in [-0.39, 0.29) is 24.4 Å². The van der Waals surface area contributed by atoms with Crippen LogP contribution in [0.15, 0.2) is 18.2 Å². The molecule has 1 aliphatic rings. The molecule has 2 heterocycles. The van der Waals surface area contributed by atoms with E-state index < -0.39 is 0 Å². The SMILES string of the molecule is Cc1nsc(N2CCCN([C@H](C)C(=O)NCC(=O)Nc3c(C)cccc3C)CC2)n1. The zero-order valence-corrected chi connectivity index (χ0v) is 18.9. The number of anilines is 2. The molecule has 2 aromatic rings. The number of hydrogen-bond acceptors (Lipinski definition) is 7. The molecule has 3 rings (SSSR count). The van der Waals surface area contributed by atoms with Gasteiger partial charge in [0.1, 0.15) is 5.82 Å². The number of aryl methyl sites for hydroxylation is 3. The van der Waals surface area contributed by atoms with E-state index in [1.54, 1.807) is 0 Å². The second-order valence-corrected chi connectivity index (χ2v) is 8.44. The van der Waals surface area contributed by atoms with Crippen molar-refractivity contribution in [3.63, 3.8) is 0 Å². The summed E-state index contributed by atoms with van der Waals surface area (Å²) < 4.78 is 4.26. The van der Waals surface area contributed by atoms with Crippen LogP contribution in [0.3, 0.4) is 0 Å². The van der Waals surface area contributed by atoms with Gasteiger partial charge < -0.3 is 15.5 Å². The summed E-state index contributed by atoms with van der Waals surface area (Å²) in [5.41, 5.74) is 2.81. The highest BCUT2D eigenvalue weighted by Crippen LogP contribution is 2.20. The van der Waals surface area contributed by atoms with Gasteiger partial charge in [-0.1, -0.05) is 18.2 Å². The molecule has 1 fully saturated rings. The summed E-state index contributed by atoms with van der Waals surface area (Å²) in [6.07, 6.45) is 0.948. The molecule has 30 heavy (non-hydrogen) atoms. The van der Waals surface area contributed by atoms with Gasteiger partial charge in [-0.2, -0.15) is 4.37 Å². The number of benzene rings is 1. The maximum Gasteiger partial charge on any atom is 0.243 e. The fraction of sp³-hybridized carbons (Fsp3) is 0.524. The lowest BCUT2D eigenvalue weighted by molar-refractivity contribution is -0.127. The maximum atomic E-state index is 12.6. The van der Waals surface area contributed by atoms with Crippen LogP contribution in [-0.4, -0.2) is 64.8 Å². The minimum absolute atomic E-state index is 0.0407. The molecular weight excluding hydrogens is 400 g/mol. The highest BCUT2D eigenvalue weighted by Gasteiger charge is 2.25. The van der Waals surface area contributed by atoms with Gasteiger partial charge >= 0.3 is 0 Å². The zero-order valence-electron chi connectivity index (χ0n) is 18.1. The Morgan fingerprint density at radius 1 is 1.13 bits per heavy atom. The Morgan fingerprint density at radius 3 is 2.53 bits per heavy atom. The molecule has 9 heteroatoms. The summed E-state index contributed by atoms with van der Waals surface area (Å²) in [7, 11) is 0. The number of nitrogens with one attached hydrogen (secondary N) is 2. The number of carbonyl (C=O) groups excluding carboxylic acids is 2. The van der Waals surface area contributed by atoms with Crippen molar-refractivity contribution in [2.75, 3.05) is 42.9 Å². The number of amides is 2. The Balaban J connectivity index is 1.48. The monoisotopic (exact) mass is 430 g/mol. The molecule has 0 saturated carbocycles. The summed E-state index contributed by atoms with van der Waals surface area (Å²) in [6, 6.07) is 5.57. The topological polar surface area (TPSA) is 90.5 Å². The average Bonchev–Trinajstić information content (AvgIpc) is 3.00. The van der Waals surface area contributed by atoms with Gasteiger partial charge in [0.25, 0.3) is 0 Å². The van der Waals surface area contributed by atoms with E-state index in [9.17, 15) is 9.59 Å². The van der Waals surface area contributed by atoms with Crippen LogP contribution in [-0.2, 0) is 9.59 Å². The third-order valence-corrected chi connectivity index (χ3v) is 6.28. The third kappa shape index (κ3) is 5.54. The van der Waals surface area contributed by atoms with Crippen LogP contribution in [0.5, 0.6) is 0 Å². The highest BCUT2D eigenvalue weighted by atomic mass is 32.1. The van der Waals surface area contributed by atoms with Crippen LogP contribution in [0.1, 0.15) is 30.3 Å². The highest BCUT2D eigenvalue weighted by molar-refractivity contribution is 7.09. The first kappa shape index (κ1) is 22.2. The molecule has 0 aliphatic carbocycles. The Morgan fingerprint density at radius 2 is 1.87 bits per heavy atom. The van der Waals surface area contributed by atoms with Gasteiger partial charge in [-0.05, 0) is 45.2 Å². The van der Waals surface area contributed by atoms with E-state index in [0.717, 1.165) is 60.4 Å². The molecule has 1 aromatic carbocycles. The van der Waals surface area contributed by atoms with Gasteiger partial charge in [-0.15, -0.1) is 0 Å². The smallest absolute Gasteiger partial charge is 0.243 e. The Hall–Kier alpha value is -2.52. The summed E-state index contributed by atoms with van der Waals surface area (Å²) in [5, 5.41) is 6.62. The molecule has 162 valence electrons. The Labute approximate surface area is 181 Å². The fourth-order valence-electron chi connectivity index (χ4n) is 3.61. The van der Waals surface area contributed by atoms with E-state index in [1.807, 2.05) is 45.9 Å². The fourth-order valence-corrected chi connectivity index (χ4v) is 4.33. The van der Waals surface area contributed by atoms with Crippen molar-refractivity contribution in [1.82, 2.24) is 19.6 Å². The van der Waals surface area contributed by atoms with Gasteiger partial charge in [-0.3, -0.25) is 14.5 Å². The molecule has 1 atom stereocenters. The Bertz CT molecular complexity index is 879. The van der Waals surface area contributed by atoms with Gasteiger partial charge in [-0.25, -0.2) is 4.98 Å². The maximum absolute atomic E-state index is 12.6. The lowest BCUT2D eigenvalue weighted by atomic mass is 10.1. The lowest BCUT2D eigenvalue weighted by Gasteiger charge is -2.26. The number of nitrogens with zero attached hydrogens (tertiary/aromatic N) is 4. The quantitative estimate of drug-likeness (QED) is 0.730. The normalized spacial score (nSPS) is 16.1. The number of hydrogen-bond donors (Lipinski definition) is 2. The van der Waals surface area contributed by atoms with E-state index >= 15 is 0 Å². The third-order valence-electron chi connectivity index (χ3n) is 5.41. The number of carbonyl (C=O) groups is 2. The van der Waals surface area contributed by atoms with Crippen LogP contribution in [0.25, 0.3) is 0 Å². The molecule has 0 radical (unpaired) electrons. The van der Waals surface area contributed by atoms with E-state index in [2.05, 4.69) is 29.8 Å². The van der Waals surface area contributed by atoms with Crippen LogP contribution >= 0.6 is 11.5 Å². The predicted molar refractivity (Wildman–Crippen MR) is 120 cm³/mol. The van der Waals surface area contributed by atoms with E-state index in [1.165, 1.54) is 11.5 Å². The summed E-state index contributed by atoms with van der Waals surface area (Å²) in [6.45, 7) is 11.0. The van der Waals surface area contributed by atoms with Crippen LogP contribution in [0.2, 0.25) is 0 Å². The first-order chi connectivity index (χ1) is 14.3. The number of aromatic nitrogens is 2. The summed E-state index contributed by atoms with van der Waals surface area (Å²) >= 11 is 1.42. The predicted octanol–water partition coefficient (Wildman–Crippen LogP) is 2.12. The van der Waals surface area contributed by atoms with Crippen molar-refractivity contribution < 1.29 is 9.59 Å². The first-order valence-electron chi connectivity index (χ1n) is 10.3. The van der Waals surface area contributed by atoms with Crippen molar-refractivity contribution in [3.05, 3.63) is 35.2 Å². The van der Waals surface area contributed by atoms with Crippen molar-refractivity contribution in [3.8, 4) is 0 Å². The zero-order chi connectivity index (χ0) is 21.7. The van der Waals surface area contributed by atoms with Gasteiger partial charge in [0.15, 0.2) is 0 Å². The summed E-state index contributed by atoms with van der Waals surface area (Å²) in [5.74, 6) is 0.441. The van der Waals surface area contributed by atoms with Crippen LogP contribution < -0.4 is 15.5 Å². The largest absolute Gasteiger partial charge is 0.346 e. The molecule has 8 nitrogen and oxygen atoms in total. The van der Waals surface area contributed by atoms with Crippen molar-refractivity contribution in [2.45, 2.75) is 40.2 Å². The molecule has 2 amide bonds. The molecule has 0 unspecified atom stereocenters. The molecule has 0 bridgehead atoms. The van der Waals surface area contributed by atoms with Crippen molar-refractivity contribution in [1.29, 1.82) is 0 Å². The van der Waals surface area contributed by atoms with E-state index in [4.69, 9.17) is 0 Å². The molecule has 0 spiro atoms. The lowest BCUT2D eigenvalue weighted by Crippen LogP contribution is -2.48. The minimum Gasteiger partial charge on any atom is -0.346 e. The first-order valence-corrected chi connectivity index (χ1v) is 11.1. The van der Waals surface area contributed by atoms with Gasteiger partial charge in [0, 0.05) is 43.4 Å².